The molecule has 3 amide bonds. The molecule has 6 rings (SSSR count). The highest BCUT2D eigenvalue weighted by Crippen LogP contribution is 2.42. The van der Waals surface area contributed by atoms with Gasteiger partial charge in [-0.05, 0) is 96.7 Å². The van der Waals surface area contributed by atoms with Gasteiger partial charge in [-0.3, -0.25) is 14.4 Å². The number of hydrogen-bond donors (Lipinski definition) is 3. The van der Waals surface area contributed by atoms with E-state index in [0.29, 0.717) is 33.7 Å². The second-order valence-electron chi connectivity index (χ2n) is 13.9. The van der Waals surface area contributed by atoms with E-state index in [9.17, 15) is 19.2 Å². The van der Waals surface area contributed by atoms with E-state index in [1.54, 1.807) is 49.4 Å². The number of carbonyl (C=O) groups is 4. The van der Waals surface area contributed by atoms with E-state index in [0.717, 1.165) is 51.3 Å². The zero-order chi connectivity index (χ0) is 38.9. The maximum Gasteiger partial charge on any atom is 0.341 e. The molecule has 0 saturated heterocycles. The molecule has 282 valence electrons. The second-order valence-corrected chi connectivity index (χ2v) is 16.1. The van der Waals surface area contributed by atoms with Crippen molar-refractivity contribution in [3.05, 3.63) is 153 Å². The average Bonchev–Trinajstić information content (AvgIpc) is 3.54. The van der Waals surface area contributed by atoms with Crippen molar-refractivity contribution >= 4 is 63.6 Å². The molecule has 1 aliphatic carbocycles. The molecule has 0 aliphatic heterocycles. The lowest BCUT2D eigenvalue weighted by molar-refractivity contribution is -0.116. The molecule has 10 heteroatoms. The molecule has 0 bridgehead atoms. The number of carbonyl (C=O) groups excluding carboxylic acids is 4. The van der Waals surface area contributed by atoms with Crippen molar-refractivity contribution in [2.75, 3.05) is 17.2 Å². The number of esters is 1. The molecule has 0 saturated carbocycles. The Labute approximate surface area is 330 Å². The van der Waals surface area contributed by atoms with Crippen molar-refractivity contribution in [2.45, 2.75) is 63.0 Å². The molecule has 0 radical (unpaired) electrons. The monoisotopic (exact) mass is 771 g/mol. The Hall–Kier alpha value is -5.45. The van der Waals surface area contributed by atoms with Gasteiger partial charge in [-0.2, -0.15) is 0 Å². The highest BCUT2D eigenvalue weighted by molar-refractivity contribution is 8.00. The van der Waals surface area contributed by atoms with Gasteiger partial charge in [0.25, 0.3) is 11.8 Å². The van der Waals surface area contributed by atoms with Crippen LogP contribution in [-0.2, 0) is 27.2 Å². The summed E-state index contributed by atoms with van der Waals surface area (Å²) in [5.41, 5.74) is 5.13. The smallest absolute Gasteiger partial charge is 0.341 e. The lowest BCUT2D eigenvalue weighted by atomic mass is 9.88. The number of ether oxygens (including phenoxy) is 1. The molecule has 2 unspecified atom stereocenters. The van der Waals surface area contributed by atoms with E-state index in [4.69, 9.17) is 4.74 Å². The third-order valence-corrected chi connectivity index (χ3v) is 11.8. The lowest BCUT2D eigenvalue weighted by Crippen LogP contribution is -2.30. The van der Waals surface area contributed by atoms with Crippen LogP contribution < -0.4 is 16.0 Å². The molecule has 0 fully saturated rings. The average molecular weight is 772 g/mol. The summed E-state index contributed by atoms with van der Waals surface area (Å²) in [7, 11) is 0. The number of thioether (sulfide) groups is 1. The molecular weight excluding hydrogens is 727 g/mol. The summed E-state index contributed by atoms with van der Waals surface area (Å²) in [5.74, 6) is -0.761. The molecule has 5 aromatic rings. The van der Waals surface area contributed by atoms with Gasteiger partial charge in [-0.1, -0.05) is 99.6 Å². The predicted molar refractivity (Wildman–Crippen MR) is 223 cm³/mol. The Balaban J connectivity index is 1.25. The number of fused-ring (bicyclic) bond motifs is 1. The minimum atomic E-state index is -0.685. The summed E-state index contributed by atoms with van der Waals surface area (Å²) in [6.07, 6.45) is 4.25. The number of nitrogens with one attached hydrogen (secondary N) is 3. The molecule has 55 heavy (non-hydrogen) atoms. The first-order valence-corrected chi connectivity index (χ1v) is 20.2. The fourth-order valence-corrected chi connectivity index (χ4v) is 8.89. The van der Waals surface area contributed by atoms with Gasteiger partial charge in [-0.15, -0.1) is 23.1 Å². The SMILES string of the molecule is CCOC(=O)c1c(NC(=O)C(Sc2cccc(NC(=O)/C(=C\c3ccc(C(C)C)cc3)NC(=O)c3ccccc3)c2)c2ccccc2)sc2c1CCC(C)C2. The molecule has 0 spiro atoms. The van der Waals surface area contributed by atoms with Gasteiger partial charge >= 0.3 is 5.97 Å². The topological polar surface area (TPSA) is 114 Å². The maximum absolute atomic E-state index is 14.2. The van der Waals surface area contributed by atoms with Crippen molar-refractivity contribution in [2.24, 2.45) is 5.92 Å². The number of anilines is 2. The highest BCUT2D eigenvalue weighted by Gasteiger charge is 2.31. The quantitative estimate of drug-likeness (QED) is 0.0624. The van der Waals surface area contributed by atoms with Crippen molar-refractivity contribution in [1.82, 2.24) is 5.32 Å². The molecule has 3 N–H and O–H groups in total. The van der Waals surface area contributed by atoms with Crippen LogP contribution in [0, 0.1) is 5.92 Å². The van der Waals surface area contributed by atoms with Crippen molar-refractivity contribution < 1.29 is 23.9 Å². The fraction of sp³-hybridized carbons (Fsp3) is 0.244. The number of amides is 3. The maximum atomic E-state index is 14.2. The third kappa shape index (κ3) is 10.0. The van der Waals surface area contributed by atoms with Crippen LogP contribution in [0.4, 0.5) is 10.7 Å². The van der Waals surface area contributed by atoms with Crippen LogP contribution in [0.25, 0.3) is 6.08 Å². The zero-order valence-electron chi connectivity index (χ0n) is 31.4. The van der Waals surface area contributed by atoms with E-state index in [2.05, 4.69) is 36.7 Å². The molecule has 8 nitrogen and oxygen atoms in total. The molecule has 4 aromatic carbocycles. The minimum absolute atomic E-state index is 0.0798. The Bertz CT molecular complexity index is 2180. The fourth-order valence-electron chi connectivity index (χ4n) is 6.40. The minimum Gasteiger partial charge on any atom is -0.462 e. The standard InChI is InChI=1S/C45H45N3O5S2/c1-5-53-45(52)39-36-24-19-29(4)25-38(36)55-44(39)48-43(51)40(32-13-8-6-9-14-32)54-35-18-12-17-34(27-35)46-42(50)37(47-41(49)33-15-10-7-11-16-33)26-30-20-22-31(23-21-30)28(2)3/h6-18,20-23,26-29,40H,5,19,24-25H2,1-4H3,(H,46,50)(H,47,49)(H,48,51)/b37-26+. The first kappa shape index (κ1) is 39.2. The van der Waals surface area contributed by atoms with E-state index in [1.807, 2.05) is 72.8 Å². The first-order valence-electron chi connectivity index (χ1n) is 18.5. The highest BCUT2D eigenvalue weighted by atomic mass is 32.2. The van der Waals surface area contributed by atoms with Crippen LogP contribution in [0.2, 0.25) is 0 Å². The molecule has 1 heterocycles. The van der Waals surface area contributed by atoms with E-state index in [-0.39, 0.29) is 18.2 Å². The van der Waals surface area contributed by atoms with Gasteiger partial charge in [-0.25, -0.2) is 4.79 Å². The Morgan fingerprint density at radius 1 is 0.873 bits per heavy atom. The lowest BCUT2D eigenvalue weighted by Gasteiger charge is -2.19. The largest absolute Gasteiger partial charge is 0.462 e. The van der Waals surface area contributed by atoms with Gasteiger partial charge in [0.05, 0.1) is 12.2 Å². The molecular formula is C45H45N3O5S2. The summed E-state index contributed by atoms with van der Waals surface area (Å²) in [4.78, 5) is 56.4. The van der Waals surface area contributed by atoms with Gasteiger partial charge in [0.1, 0.15) is 15.9 Å². The Kier molecular flexibility index (Phi) is 13.0. The van der Waals surface area contributed by atoms with Crippen LogP contribution >= 0.6 is 23.1 Å². The van der Waals surface area contributed by atoms with Gasteiger partial charge in [0, 0.05) is 21.0 Å². The molecule has 2 atom stereocenters. The van der Waals surface area contributed by atoms with E-state index >= 15 is 0 Å². The summed E-state index contributed by atoms with van der Waals surface area (Å²) >= 11 is 2.79. The van der Waals surface area contributed by atoms with E-state index < -0.39 is 23.0 Å². The molecule has 1 aromatic heterocycles. The van der Waals surface area contributed by atoms with E-state index in [1.165, 1.54) is 23.1 Å². The zero-order valence-corrected chi connectivity index (χ0v) is 33.0. The Morgan fingerprint density at radius 3 is 2.27 bits per heavy atom. The summed E-state index contributed by atoms with van der Waals surface area (Å²) in [6, 6.07) is 33.3. The Morgan fingerprint density at radius 2 is 1.58 bits per heavy atom. The van der Waals surface area contributed by atoms with Gasteiger partial charge in [0.2, 0.25) is 5.91 Å². The van der Waals surface area contributed by atoms with Crippen molar-refractivity contribution in [1.29, 1.82) is 0 Å². The summed E-state index contributed by atoms with van der Waals surface area (Å²) < 4.78 is 5.44. The van der Waals surface area contributed by atoms with Crippen molar-refractivity contribution in [3.8, 4) is 0 Å². The first-order chi connectivity index (χ1) is 26.6. The number of hydrogen-bond acceptors (Lipinski definition) is 7. The van der Waals surface area contributed by atoms with Crippen LogP contribution in [0.15, 0.2) is 120 Å². The van der Waals surface area contributed by atoms with Crippen LogP contribution in [0.1, 0.15) is 93.1 Å². The summed E-state index contributed by atoms with van der Waals surface area (Å²) in [5, 5.41) is 8.69. The van der Waals surface area contributed by atoms with Gasteiger partial charge in [0.15, 0.2) is 0 Å². The van der Waals surface area contributed by atoms with Crippen LogP contribution in [0.5, 0.6) is 0 Å². The van der Waals surface area contributed by atoms with Crippen LogP contribution in [-0.4, -0.2) is 30.3 Å². The number of benzene rings is 4. The predicted octanol–water partition coefficient (Wildman–Crippen LogP) is 10.1. The van der Waals surface area contributed by atoms with Gasteiger partial charge < -0.3 is 20.7 Å². The van der Waals surface area contributed by atoms with Crippen molar-refractivity contribution in [3.63, 3.8) is 0 Å². The second kappa shape index (κ2) is 18.3. The molecule has 1 aliphatic rings. The normalized spacial score (nSPS) is 14.4. The summed E-state index contributed by atoms with van der Waals surface area (Å²) in [6.45, 7) is 8.45. The third-order valence-electron chi connectivity index (χ3n) is 9.36. The number of thiophene rings is 1. The number of rotatable bonds is 13. The van der Waals surface area contributed by atoms with Crippen LogP contribution in [0.3, 0.4) is 0 Å².